The number of hydrogen-bond donors (Lipinski definition) is 0. The number of piperidine rings is 1. The number of carbonyl (C=O) groups excluding carboxylic acids is 4. The molecular weight excluding hydrogens is 518 g/mol. The van der Waals surface area contributed by atoms with Crippen LogP contribution in [0.3, 0.4) is 0 Å². The standard InChI is InChI=1S/C29H47N3O6S/c1-9-19(5)21(15-25(34)23-13-11-12-14-31(23)7)28(35)32(8)24(18(3)4)16-26(38-20(6)33)27-30-22(17-39-27)29(36)37-10-2/h17-19,21,23-24,26H,9-16H2,1-8H3/t19-,21-,23+,24+,26+/m0/s1. The SMILES string of the molecule is CCOC(=O)c1csc([C@@H](C[C@H](C(C)C)N(C)C(=O)[C@@H](CC(=O)[C@H]2CCCCN2C)[C@@H](C)CC)OC(C)=O)n1. The lowest BCUT2D eigenvalue weighted by atomic mass is 9.83. The average molecular weight is 566 g/mol. The van der Waals surface area contributed by atoms with Gasteiger partial charge in [-0.3, -0.25) is 19.3 Å². The van der Waals surface area contributed by atoms with Crippen LogP contribution in [0.25, 0.3) is 0 Å². The Morgan fingerprint density at radius 3 is 2.44 bits per heavy atom. The molecule has 1 aromatic heterocycles. The van der Waals surface area contributed by atoms with Crippen LogP contribution in [0, 0.1) is 17.8 Å². The molecule has 1 fully saturated rings. The lowest BCUT2D eigenvalue weighted by Gasteiger charge is -2.37. The summed E-state index contributed by atoms with van der Waals surface area (Å²) in [5.41, 5.74) is 0.169. The molecule has 1 aliphatic rings. The maximum atomic E-state index is 14.0. The number of hydrogen-bond acceptors (Lipinski definition) is 9. The Bertz CT molecular complexity index is 980. The molecule has 0 saturated carbocycles. The van der Waals surface area contributed by atoms with Crippen molar-refractivity contribution in [1.29, 1.82) is 0 Å². The molecule has 1 amide bonds. The van der Waals surface area contributed by atoms with Crippen molar-refractivity contribution in [2.45, 2.75) is 98.3 Å². The summed E-state index contributed by atoms with van der Waals surface area (Å²) in [6, 6.07) is -0.410. The largest absolute Gasteiger partial charge is 0.461 e. The summed E-state index contributed by atoms with van der Waals surface area (Å²) >= 11 is 1.22. The molecule has 1 aliphatic heterocycles. The molecule has 39 heavy (non-hydrogen) atoms. The van der Waals surface area contributed by atoms with E-state index in [-0.39, 0.29) is 54.3 Å². The van der Waals surface area contributed by atoms with Gasteiger partial charge in [0, 0.05) is 44.2 Å². The third-order valence-electron chi connectivity index (χ3n) is 7.87. The van der Waals surface area contributed by atoms with Gasteiger partial charge in [0.1, 0.15) is 5.01 Å². The smallest absolute Gasteiger partial charge is 0.357 e. The number of ketones is 1. The van der Waals surface area contributed by atoms with E-state index >= 15 is 0 Å². The van der Waals surface area contributed by atoms with E-state index in [4.69, 9.17) is 9.47 Å². The zero-order valence-electron chi connectivity index (χ0n) is 24.9. The van der Waals surface area contributed by atoms with E-state index in [1.165, 1.54) is 18.3 Å². The third kappa shape index (κ3) is 9.10. The van der Waals surface area contributed by atoms with Crippen molar-refractivity contribution < 1.29 is 28.7 Å². The Balaban J connectivity index is 2.27. The highest BCUT2D eigenvalue weighted by atomic mass is 32.1. The van der Waals surface area contributed by atoms with Gasteiger partial charge in [-0.05, 0) is 45.2 Å². The highest BCUT2D eigenvalue weighted by molar-refractivity contribution is 7.09. The first-order valence-electron chi connectivity index (χ1n) is 14.2. The number of esters is 2. The van der Waals surface area contributed by atoms with Crippen LogP contribution in [0.15, 0.2) is 5.38 Å². The second-order valence-corrected chi connectivity index (χ2v) is 11.9. The summed E-state index contributed by atoms with van der Waals surface area (Å²) < 4.78 is 10.7. The number of Topliss-reactive ketones (excluding diaryl/α,β-unsaturated/α-hetero) is 1. The predicted molar refractivity (Wildman–Crippen MR) is 151 cm³/mol. The summed E-state index contributed by atoms with van der Waals surface area (Å²) in [7, 11) is 3.76. The number of carbonyl (C=O) groups is 4. The van der Waals surface area contributed by atoms with Gasteiger partial charge in [0.2, 0.25) is 5.91 Å². The minimum atomic E-state index is -0.724. The van der Waals surface area contributed by atoms with Gasteiger partial charge in [-0.2, -0.15) is 0 Å². The summed E-state index contributed by atoms with van der Waals surface area (Å²) in [4.78, 5) is 59.7. The minimum Gasteiger partial charge on any atom is -0.461 e. The Morgan fingerprint density at radius 1 is 1.18 bits per heavy atom. The van der Waals surface area contributed by atoms with E-state index in [1.54, 1.807) is 24.3 Å². The molecule has 0 N–H and O–H groups in total. The summed E-state index contributed by atoms with van der Waals surface area (Å²) in [5.74, 6) is -1.27. The van der Waals surface area contributed by atoms with Crippen LogP contribution in [0.5, 0.6) is 0 Å². The first-order valence-corrected chi connectivity index (χ1v) is 15.1. The number of likely N-dealkylation sites (N-methyl/N-ethyl adjacent to an activating group) is 1. The Hall–Kier alpha value is -2.33. The normalized spacial score (nSPS) is 19.2. The fraction of sp³-hybridized carbons (Fsp3) is 0.759. The van der Waals surface area contributed by atoms with E-state index in [0.717, 1.165) is 32.2 Å². The number of thiazole rings is 1. The van der Waals surface area contributed by atoms with E-state index in [1.807, 2.05) is 34.7 Å². The summed E-state index contributed by atoms with van der Waals surface area (Å²) in [6.45, 7) is 12.3. The van der Waals surface area contributed by atoms with Crippen LogP contribution in [0.4, 0.5) is 0 Å². The molecule has 9 nitrogen and oxygen atoms in total. The van der Waals surface area contributed by atoms with Gasteiger partial charge in [-0.1, -0.05) is 40.5 Å². The fourth-order valence-electron chi connectivity index (χ4n) is 5.31. The first-order chi connectivity index (χ1) is 18.4. The van der Waals surface area contributed by atoms with Crippen molar-refractivity contribution in [3.05, 3.63) is 16.1 Å². The molecule has 2 rings (SSSR count). The van der Waals surface area contributed by atoms with Gasteiger partial charge in [0.05, 0.1) is 12.6 Å². The van der Waals surface area contributed by atoms with Crippen LogP contribution >= 0.6 is 11.3 Å². The van der Waals surface area contributed by atoms with Gasteiger partial charge in [-0.25, -0.2) is 9.78 Å². The van der Waals surface area contributed by atoms with Crippen LogP contribution in [0.1, 0.15) is 102 Å². The number of ether oxygens (including phenoxy) is 2. The molecule has 0 unspecified atom stereocenters. The fourth-order valence-corrected chi connectivity index (χ4v) is 6.14. The lowest BCUT2D eigenvalue weighted by Crippen LogP contribution is -2.48. The second kappa shape index (κ2) is 15.5. The van der Waals surface area contributed by atoms with Gasteiger partial charge in [0.25, 0.3) is 0 Å². The Morgan fingerprint density at radius 2 is 1.87 bits per heavy atom. The number of aromatic nitrogens is 1. The Kier molecular flexibility index (Phi) is 13.0. The molecule has 220 valence electrons. The number of likely N-dealkylation sites (tertiary alicyclic amines) is 1. The molecule has 0 aromatic carbocycles. The quantitative estimate of drug-likeness (QED) is 0.293. The molecule has 0 radical (unpaired) electrons. The van der Waals surface area contributed by atoms with Crippen LogP contribution in [-0.4, -0.2) is 77.7 Å². The van der Waals surface area contributed by atoms with E-state index in [2.05, 4.69) is 9.88 Å². The van der Waals surface area contributed by atoms with Gasteiger partial charge in [-0.15, -0.1) is 11.3 Å². The van der Waals surface area contributed by atoms with E-state index in [0.29, 0.717) is 11.4 Å². The van der Waals surface area contributed by atoms with Gasteiger partial charge in [0.15, 0.2) is 17.6 Å². The van der Waals surface area contributed by atoms with Crippen LogP contribution in [0.2, 0.25) is 0 Å². The minimum absolute atomic E-state index is 0.0410. The highest BCUT2D eigenvalue weighted by Crippen LogP contribution is 2.32. The van der Waals surface area contributed by atoms with Crippen LogP contribution < -0.4 is 0 Å². The maximum Gasteiger partial charge on any atom is 0.357 e. The zero-order valence-corrected chi connectivity index (χ0v) is 25.7. The zero-order chi connectivity index (χ0) is 29.3. The van der Waals surface area contributed by atoms with Gasteiger partial charge < -0.3 is 14.4 Å². The third-order valence-corrected chi connectivity index (χ3v) is 8.81. The van der Waals surface area contributed by atoms with Crippen molar-refractivity contribution in [2.75, 3.05) is 27.2 Å². The topological polar surface area (TPSA) is 106 Å². The molecular formula is C29H47N3O6S. The molecule has 0 aliphatic carbocycles. The summed E-state index contributed by atoms with van der Waals surface area (Å²) in [5, 5.41) is 2.07. The van der Waals surface area contributed by atoms with Crippen molar-refractivity contribution in [2.24, 2.45) is 17.8 Å². The van der Waals surface area contributed by atoms with Crippen molar-refractivity contribution in [3.63, 3.8) is 0 Å². The van der Waals surface area contributed by atoms with Crippen molar-refractivity contribution in [3.8, 4) is 0 Å². The van der Waals surface area contributed by atoms with E-state index < -0.39 is 24.0 Å². The second-order valence-electron chi connectivity index (χ2n) is 11.0. The Labute approximate surface area is 237 Å². The molecule has 1 saturated heterocycles. The molecule has 10 heteroatoms. The number of rotatable bonds is 14. The first kappa shape index (κ1) is 32.9. The molecule has 5 atom stereocenters. The van der Waals surface area contributed by atoms with Crippen LogP contribution in [-0.2, 0) is 23.9 Å². The van der Waals surface area contributed by atoms with Crippen molar-refractivity contribution >= 4 is 35.0 Å². The maximum absolute atomic E-state index is 14.0. The monoisotopic (exact) mass is 565 g/mol. The summed E-state index contributed by atoms with van der Waals surface area (Å²) in [6.07, 6.45) is 3.57. The number of nitrogens with zero attached hydrogens (tertiary/aromatic N) is 3. The average Bonchev–Trinajstić information content (AvgIpc) is 3.39. The molecule has 0 bridgehead atoms. The molecule has 1 aromatic rings. The lowest BCUT2D eigenvalue weighted by molar-refractivity contribution is -0.149. The molecule has 0 spiro atoms. The number of amides is 1. The highest BCUT2D eigenvalue weighted by Gasteiger charge is 2.37. The van der Waals surface area contributed by atoms with Crippen molar-refractivity contribution in [1.82, 2.24) is 14.8 Å². The van der Waals surface area contributed by atoms with Gasteiger partial charge >= 0.3 is 11.9 Å². The van der Waals surface area contributed by atoms with E-state index in [9.17, 15) is 19.2 Å². The predicted octanol–water partition coefficient (Wildman–Crippen LogP) is 4.90. The molecule has 2 heterocycles.